The maximum Gasteiger partial charge on any atom is 0.191 e. The third-order valence-electron chi connectivity index (χ3n) is 6.86. The molecule has 0 spiro atoms. The number of benzene rings is 2. The van der Waals surface area contributed by atoms with Crippen LogP contribution in [0.1, 0.15) is 24.5 Å². The van der Waals surface area contributed by atoms with Gasteiger partial charge in [-0.2, -0.15) is 0 Å². The molecule has 0 radical (unpaired) electrons. The van der Waals surface area contributed by atoms with Crippen molar-refractivity contribution in [3.63, 3.8) is 0 Å². The molecule has 7 nitrogen and oxygen atoms in total. The van der Waals surface area contributed by atoms with Gasteiger partial charge >= 0.3 is 0 Å². The van der Waals surface area contributed by atoms with Crippen LogP contribution in [0.3, 0.4) is 0 Å². The van der Waals surface area contributed by atoms with Gasteiger partial charge in [-0.25, -0.2) is 8.42 Å². The normalized spacial score (nSPS) is 14.6. The smallest absolute Gasteiger partial charge is 0.191 e. The molecule has 0 unspecified atom stereocenters. The van der Waals surface area contributed by atoms with E-state index in [1.54, 1.807) is 30.9 Å². The largest absolute Gasteiger partial charge is 0.305 e. The first-order chi connectivity index (χ1) is 17.4. The van der Waals surface area contributed by atoms with Crippen LogP contribution in [0.15, 0.2) is 64.8 Å². The topological polar surface area (TPSA) is 81.0 Å². The van der Waals surface area contributed by atoms with E-state index in [0.717, 1.165) is 72.1 Å². The Hall–Kier alpha value is -2.75. The van der Waals surface area contributed by atoms with Crippen molar-refractivity contribution in [2.24, 2.45) is 7.05 Å². The van der Waals surface area contributed by atoms with E-state index in [-0.39, 0.29) is 5.75 Å². The summed E-state index contributed by atoms with van der Waals surface area (Å²) in [6.45, 7) is 4.67. The first-order valence-electron chi connectivity index (χ1n) is 12.4. The Balaban J connectivity index is 1.15. The Labute approximate surface area is 216 Å². The summed E-state index contributed by atoms with van der Waals surface area (Å²) in [5.74, 6) is 1.95. The van der Waals surface area contributed by atoms with Gasteiger partial charge in [-0.1, -0.05) is 43.0 Å². The molecule has 0 N–H and O–H groups in total. The van der Waals surface area contributed by atoms with E-state index in [1.807, 2.05) is 25.2 Å². The second-order valence-corrected chi connectivity index (χ2v) is 12.5. The summed E-state index contributed by atoms with van der Waals surface area (Å²) in [6, 6.07) is 15.9. The van der Waals surface area contributed by atoms with Crippen LogP contribution in [-0.2, 0) is 29.7 Å². The fourth-order valence-electron chi connectivity index (χ4n) is 4.68. The van der Waals surface area contributed by atoms with Crippen molar-refractivity contribution in [1.29, 1.82) is 0 Å². The molecule has 9 heteroatoms. The highest BCUT2D eigenvalue weighted by atomic mass is 32.2. The Kier molecular flexibility index (Phi) is 7.41. The van der Waals surface area contributed by atoms with Gasteiger partial charge in [0.1, 0.15) is 0 Å². The van der Waals surface area contributed by atoms with E-state index in [9.17, 15) is 8.42 Å². The van der Waals surface area contributed by atoms with Crippen LogP contribution in [0, 0.1) is 0 Å². The minimum absolute atomic E-state index is 0.141. The fraction of sp³-hybridized carbons (Fsp3) is 0.370. The second-order valence-electron chi connectivity index (χ2n) is 9.15. The molecule has 0 saturated heterocycles. The van der Waals surface area contributed by atoms with Gasteiger partial charge in [0, 0.05) is 43.0 Å². The highest BCUT2D eigenvalue weighted by Crippen LogP contribution is 2.26. The first kappa shape index (κ1) is 24.9. The molecule has 36 heavy (non-hydrogen) atoms. The molecule has 2 aromatic carbocycles. The monoisotopic (exact) mass is 521 g/mol. The van der Waals surface area contributed by atoms with E-state index in [1.165, 1.54) is 11.1 Å². The molecule has 0 aliphatic carbocycles. The van der Waals surface area contributed by atoms with E-state index in [4.69, 9.17) is 0 Å². The number of aromatic nitrogens is 4. The highest BCUT2D eigenvalue weighted by Gasteiger charge is 2.18. The standard InChI is InChI=1S/C27H31N5O2S2/c1-3-36(33,34)24-10-9-20-11-15-32(16-12-22(20)18-24)14-5-17-35-27-30-29-26(31(27)2)23-8-7-21-6-4-13-28-25(21)19-23/h4,6-10,13,18-19H,3,5,11-12,14-17H2,1-2H3. The number of hydrogen-bond donors (Lipinski definition) is 0. The van der Waals surface area contributed by atoms with Crippen LogP contribution in [0.4, 0.5) is 0 Å². The van der Waals surface area contributed by atoms with Gasteiger partial charge in [0.05, 0.1) is 16.2 Å². The summed E-state index contributed by atoms with van der Waals surface area (Å²) >= 11 is 1.73. The van der Waals surface area contributed by atoms with Crippen LogP contribution < -0.4 is 0 Å². The van der Waals surface area contributed by atoms with Gasteiger partial charge in [-0.05, 0) is 61.2 Å². The van der Waals surface area contributed by atoms with Crippen LogP contribution in [0.2, 0.25) is 0 Å². The minimum Gasteiger partial charge on any atom is -0.305 e. The van der Waals surface area contributed by atoms with Crippen molar-refractivity contribution in [2.75, 3.05) is 31.1 Å². The number of fused-ring (bicyclic) bond motifs is 2. The number of sulfone groups is 1. The van der Waals surface area contributed by atoms with Gasteiger partial charge in [-0.15, -0.1) is 10.2 Å². The van der Waals surface area contributed by atoms with Gasteiger partial charge in [-0.3, -0.25) is 4.98 Å². The predicted molar refractivity (Wildman–Crippen MR) is 145 cm³/mol. The molecule has 188 valence electrons. The molecule has 1 aliphatic rings. The first-order valence-corrected chi connectivity index (χ1v) is 15.0. The third-order valence-corrected chi connectivity index (χ3v) is 9.70. The summed E-state index contributed by atoms with van der Waals surface area (Å²) in [6.07, 6.45) is 4.71. The zero-order valence-corrected chi connectivity index (χ0v) is 22.4. The summed E-state index contributed by atoms with van der Waals surface area (Å²) in [4.78, 5) is 7.39. The van der Waals surface area contributed by atoms with Crippen LogP contribution in [0.5, 0.6) is 0 Å². The van der Waals surface area contributed by atoms with E-state index >= 15 is 0 Å². The van der Waals surface area contributed by atoms with Crippen LogP contribution in [-0.4, -0.2) is 64.2 Å². The number of nitrogens with zero attached hydrogens (tertiary/aromatic N) is 5. The summed E-state index contributed by atoms with van der Waals surface area (Å²) in [7, 11) is -1.15. The Morgan fingerprint density at radius 2 is 1.83 bits per heavy atom. The average molecular weight is 522 g/mol. The van der Waals surface area contributed by atoms with Crippen molar-refractivity contribution in [3.05, 3.63) is 65.9 Å². The lowest BCUT2D eigenvalue weighted by molar-refractivity contribution is 0.289. The summed E-state index contributed by atoms with van der Waals surface area (Å²) < 4.78 is 26.6. The molecule has 5 rings (SSSR count). The number of thioether (sulfide) groups is 1. The number of pyridine rings is 1. The lowest BCUT2D eigenvalue weighted by Crippen LogP contribution is -2.27. The second kappa shape index (κ2) is 10.7. The van der Waals surface area contributed by atoms with Crippen molar-refractivity contribution >= 4 is 32.5 Å². The van der Waals surface area contributed by atoms with Gasteiger partial charge in [0.15, 0.2) is 20.8 Å². The van der Waals surface area contributed by atoms with E-state index < -0.39 is 9.84 Å². The SMILES string of the molecule is CCS(=O)(=O)c1ccc2c(c1)CCN(CCCSc1nnc(-c3ccc4cccnc4c3)n1C)CC2. The Morgan fingerprint density at radius 3 is 2.67 bits per heavy atom. The lowest BCUT2D eigenvalue weighted by atomic mass is 10.0. The molecule has 1 aliphatic heterocycles. The zero-order valence-electron chi connectivity index (χ0n) is 20.7. The molecule has 3 heterocycles. The highest BCUT2D eigenvalue weighted by molar-refractivity contribution is 7.99. The molecule has 0 saturated carbocycles. The summed E-state index contributed by atoms with van der Waals surface area (Å²) in [5.41, 5.74) is 4.42. The molecule has 2 aromatic heterocycles. The van der Waals surface area contributed by atoms with Crippen molar-refractivity contribution in [3.8, 4) is 11.4 Å². The van der Waals surface area contributed by atoms with Crippen LogP contribution in [0.25, 0.3) is 22.3 Å². The van der Waals surface area contributed by atoms with E-state index in [0.29, 0.717) is 4.90 Å². The van der Waals surface area contributed by atoms with Crippen LogP contribution >= 0.6 is 11.8 Å². The van der Waals surface area contributed by atoms with Gasteiger partial charge < -0.3 is 9.47 Å². The fourth-order valence-corrected chi connectivity index (χ4v) is 6.45. The maximum absolute atomic E-state index is 12.3. The molecule has 4 aromatic rings. The lowest BCUT2D eigenvalue weighted by Gasteiger charge is -2.19. The molecule has 0 amide bonds. The molecular weight excluding hydrogens is 490 g/mol. The van der Waals surface area contributed by atoms with Crippen molar-refractivity contribution < 1.29 is 8.42 Å². The van der Waals surface area contributed by atoms with Crippen molar-refractivity contribution in [2.45, 2.75) is 36.2 Å². The quantitative estimate of drug-likeness (QED) is 0.251. The van der Waals surface area contributed by atoms with Gasteiger partial charge in [0.2, 0.25) is 0 Å². The van der Waals surface area contributed by atoms with E-state index in [2.05, 4.69) is 48.9 Å². The summed E-state index contributed by atoms with van der Waals surface area (Å²) in [5, 5.41) is 10.9. The van der Waals surface area contributed by atoms with Crippen molar-refractivity contribution in [1.82, 2.24) is 24.6 Å². The maximum atomic E-state index is 12.3. The zero-order chi connectivity index (χ0) is 25.1. The number of hydrogen-bond acceptors (Lipinski definition) is 7. The molecule has 0 bridgehead atoms. The number of rotatable bonds is 8. The third kappa shape index (κ3) is 5.33. The minimum atomic E-state index is -3.16. The predicted octanol–water partition coefficient (Wildman–Crippen LogP) is 4.41. The molecule has 0 fully saturated rings. The average Bonchev–Trinajstić information content (AvgIpc) is 3.14. The Bertz CT molecular complexity index is 1480. The Morgan fingerprint density at radius 1 is 1.00 bits per heavy atom. The van der Waals surface area contributed by atoms with Gasteiger partial charge in [0.25, 0.3) is 0 Å². The molecule has 0 atom stereocenters. The molecular formula is C27H31N5O2S2.